The molecular weight excluding hydrogens is 427 g/mol. The summed E-state index contributed by atoms with van der Waals surface area (Å²) in [6.07, 6.45) is -1.37. The van der Waals surface area contributed by atoms with E-state index in [1.807, 2.05) is 0 Å². The van der Waals surface area contributed by atoms with Gasteiger partial charge in [0, 0.05) is 31.9 Å². The van der Waals surface area contributed by atoms with E-state index in [1.165, 1.54) is 6.33 Å². The summed E-state index contributed by atoms with van der Waals surface area (Å²) in [5.41, 5.74) is 1.84. The first-order valence-electron chi connectivity index (χ1n) is 10.2. The van der Waals surface area contributed by atoms with Crippen molar-refractivity contribution in [2.45, 2.75) is 32.6 Å². The Labute approximate surface area is 182 Å². The first-order chi connectivity index (χ1) is 15.3. The topological polar surface area (TPSA) is 106 Å². The number of ether oxygens (including phenoxy) is 1. The standard InChI is InChI=1S/C19H24F3N9O/c1-12-9-30(6-5-24-12)18-27-15-13(2)29-31(7-8-32-10-19(20,21)22)16(15)17(28-18)26-14-3-4-23-11-25-14/h3-4,11-12,24H,5-10H2,1-2H3,(H,23,25,26,27,28)/t12-/m0/s1. The Bertz CT molecular complexity index is 1060. The molecule has 2 N–H and O–H groups in total. The Morgan fingerprint density at radius 3 is 2.88 bits per heavy atom. The second-order valence-corrected chi connectivity index (χ2v) is 7.57. The molecule has 1 aliphatic rings. The Hall–Kier alpha value is -3.06. The summed E-state index contributed by atoms with van der Waals surface area (Å²) in [7, 11) is 0. The molecule has 1 atom stereocenters. The van der Waals surface area contributed by atoms with Gasteiger partial charge in [-0.15, -0.1) is 0 Å². The average Bonchev–Trinajstić information content (AvgIpc) is 3.07. The normalized spacial score (nSPS) is 17.2. The molecule has 4 heterocycles. The van der Waals surface area contributed by atoms with Gasteiger partial charge in [0.2, 0.25) is 5.95 Å². The van der Waals surface area contributed by atoms with Crippen molar-refractivity contribution in [3.63, 3.8) is 0 Å². The number of hydrogen-bond donors (Lipinski definition) is 2. The molecule has 0 aromatic carbocycles. The van der Waals surface area contributed by atoms with Gasteiger partial charge in [0.15, 0.2) is 5.82 Å². The van der Waals surface area contributed by atoms with E-state index in [2.05, 4.69) is 37.5 Å². The van der Waals surface area contributed by atoms with Crippen LogP contribution in [-0.2, 0) is 11.3 Å². The highest BCUT2D eigenvalue weighted by molar-refractivity contribution is 5.90. The highest BCUT2D eigenvalue weighted by Gasteiger charge is 2.27. The molecule has 172 valence electrons. The largest absolute Gasteiger partial charge is 0.411 e. The molecule has 1 fully saturated rings. The molecule has 0 radical (unpaired) electrons. The van der Waals surface area contributed by atoms with Crippen molar-refractivity contribution >= 4 is 28.6 Å². The van der Waals surface area contributed by atoms with Crippen LogP contribution < -0.4 is 15.5 Å². The smallest absolute Gasteiger partial charge is 0.370 e. The lowest BCUT2D eigenvalue weighted by atomic mass is 10.2. The molecule has 0 amide bonds. The van der Waals surface area contributed by atoms with Crippen molar-refractivity contribution in [3.05, 3.63) is 24.3 Å². The molecule has 0 unspecified atom stereocenters. The minimum atomic E-state index is -4.37. The number of piperazine rings is 1. The van der Waals surface area contributed by atoms with E-state index < -0.39 is 12.8 Å². The van der Waals surface area contributed by atoms with E-state index in [-0.39, 0.29) is 19.2 Å². The van der Waals surface area contributed by atoms with Crippen LogP contribution in [0.15, 0.2) is 18.6 Å². The SMILES string of the molecule is Cc1nn(CCOCC(F)(F)F)c2c(Nc3ccncn3)nc(N3CCN[C@@H](C)C3)nc12. The summed E-state index contributed by atoms with van der Waals surface area (Å²) in [4.78, 5) is 19.7. The molecule has 32 heavy (non-hydrogen) atoms. The van der Waals surface area contributed by atoms with Crippen LogP contribution in [0.25, 0.3) is 11.0 Å². The Morgan fingerprint density at radius 1 is 1.31 bits per heavy atom. The van der Waals surface area contributed by atoms with Crippen molar-refractivity contribution < 1.29 is 17.9 Å². The summed E-state index contributed by atoms with van der Waals surface area (Å²) in [6, 6.07) is 1.98. The maximum absolute atomic E-state index is 12.4. The van der Waals surface area contributed by atoms with Gasteiger partial charge in [0.1, 0.15) is 29.8 Å². The second-order valence-electron chi connectivity index (χ2n) is 7.57. The molecule has 3 aromatic rings. The molecule has 0 spiro atoms. The molecule has 13 heteroatoms. The number of rotatable bonds is 7. The van der Waals surface area contributed by atoms with Gasteiger partial charge in [-0.3, -0.25) is 4.68 Å². The molecule has 1 aliphatic heterocycles. The maximum Gasteiger partial charge on any atom is 0.411 e. The molecule has 3 aromatic heterocycles. The summed E-state index contributed by atoms with van der Waals surface area (Å²) in [6.45, 7) is 4.87. The monoisotopic (exact) mass is 451 g/mol. The lowest BCUT2D eigenvalue weighted by Gasteiger charge is -2.32. The van der Waals surface area contributed by atoms with Gasteiger partial charge < -0.3 is 20.3 Å². The highest BCUT2D eigenvalue weighted by atomic mass is 19.4. The maximum atomic E-state index is 12.4. The summed E-state index contributed by atoms with van der Waals surface area (Å²) >= 11 is 0. The minimum absolute atomic E-state index is 0.117. The van der Waals surface area contributed by atoms with Crippen molar-refractivity contribution in [2.75, 3.05) is 43.1 Å². The third-order valence-electron chi connectivity index (χ3n) is 4.94. The molecule has 10 nitrogen and oxygen atoms in total. The zero-order valence-electron chi connectivity index (χ0n) is 17.7. The Balaban J connectivity index is 1.69. The number of nitrogens with zero attached hydrogens (tertiary/aromatic N) is 7. The van der Waals surface area contributed by atoms with E-state index in [0.29, 0.717) is 34.3 Å². The van der Waals surface area contributed by atoms with E-state index in [9.17, 15) is 13.2 Å². The van der Waals surface area contributed by atoms with Crippen LogP contribution in [0.4, 0.5) is 30.8 Å². The van der Waals surface area contributed by atoms with Crippen molar-refractivity contribution in [3.8, 4) is 0 Å². The molecule has 4 rings (SSSR count). The zero-order valence-corrected chi connectivity index (χ0v) is 17.7. The van der Waals surface area contributed by atoms with Crippen LogP contribution in [0.2, 0.25) is 0 Å². The number of halogens is 3. The quantitative estimate of drug-likeness (QED) is 0.522. The number of anilines is 3. The summed E-state index contributed by atoms with van der Waals surface area (Å²) < 4.78 is 43.5. The van der Waals surface area contributed by atoms with E-state index >= 15 is 0 Å². The number of fused-ring (bicyclic) bond motifs is 1. The third-order valence-corrected chi connectivity index (χ3v) is 4.94. The predicted molar refractivity (Wildman–Crippen MR) is 112 cm³/mol. The lowest BCUT2D eigenvalue weighted by molar-refractivity contribution is -0.174. The molecule has 0 saturated carbocycles. The lowest BCUT2D eigenvalue weighted by Crippen LogP contribution is -2.49. The first kappa shape index (κ1) is 22.1. The van der Waals surface area contributed by atoms with Crippen LogP contribution in [0.5, 0.6) is 0 Å². The fourth-order valence-electron chi connectivity index (χ4n) is 3.55. The second kappa shape index (κ2) is 9.20. The van der Waals surface area contributed by atoms with Gasteiger partial charge in [-0.2, -0.15) is 23.3 Å². The first-order valence-corrected chi connectivity index (χ1v) is 10.2. The van der Waals surface area contributed by atoms with E-state index in [4.69, 9.17) is 14.7 Å². The highest BCUT2D eigenvalue weighted by Crippen LogP contribution is 2.28. The number of hydrogen-bond acceptors (Lipinski definition) is 9. The summed E-state index contributed by atoms with van der Waals surface area (Å²) in [5.74, 6) is 1.54. The molecule has 0 aliphatic carbocycles. The van der Waals surface area contributed by atoms with Crippen molar-refractivity contribution in [1.82, 2.24) is 35.0 Å². The van der Waals surface area contributed by atoms with E-state index in [1.54, 1.807) is 23.9 Å². The number of alkyl halides is 3. The molecular formula is C19H24F3N9O. The van der Waals surface area contributed by atoms with E-state index in [0.717, 1.165) is 19.6 Å². The van der Waals surface area contributed by atoms with Crippen LogP contribution in [0.1, 0.15) is 12.6 Å². The third kappa shape index (κ3) is 5.22. The number of nitrogens with one attached hydrogen (secondary N) is 2. The van der Waals surface area contributed by atoms with Gasteiger partial charge in [-0.05, 0) is 19.9 Å². The van der Waals surface area contributed by atoms with Crippen molar-refractivity contribution in [1.29, 1.82) is 0 Å². The van der Waals surface area contributed by atoms with Gasteiger partial charge in [0.05, 0.1) is 18.8 Å². The number of aromatic nitrogens is 6. The fourth-order valence-corrected chi connectivity index (χ4v) is 3.55. The Kier molecular flexibility index (Phi) is 6.37. The van der Waals surface area contributed by atoms with Crippen LogP contribution >= 0.6 is 0 Å². The predicted octanol–water partition coefficient (Wildman–Crippen LogP) is 2.05. The van der Waals surface area contributed by atoms with Crippen LogP contribution in [0, 0.1) is 6.92 Å². The number of aryl methyl sites for hydroxylation is 1. The van der Waals surface area contributed by atoms with Gasteiger partial charge >= 0.3 is 6.18 Å². The van der Waals surface area contributed by atoms with Gasteiger partial charge in [0.25, 0.3) is 0 Å². The zero-order chi connectivity index (χ0) is 22.7. The fraction of sp³-hybridized carbons (Fsp3) is 0.526. The van der Waals surface area contributed by atoms with Gasteiger partial charge in [-0.1, -0.05) is 0 Å². The van der Waals surface area contributed by atoms with Crippen molar-refractivity contribution in [2.24, 2.45) is 0 Å². The molecule has 1 saturated heterocycles. The van der Waals surface area contributed by atoms with Crippen LogP contribution in [0.3, 0.4) is 0 Å². The Morgan fingerprint density at radius 2 is 2.16 bits per heavy atom. The van der Waals surface area contributed by atoms with Gasteiger partial charge in [-0.25, -0.2) is 15.0 Å². The molecule has 0 bridgehead atoms. The minimum Gasteiger partial charge on any atom is -0.370 e. The van der Waals surface area contributed by atoms with Crippen LogP contribution in [-0.4, -0.2) is 74.8 Å². The summed E-state index contributed by atoms with van der Waals surface area (Å²) in [5, 5.41) is 11.0. The average molecular weight is 451 g/mol.